The molecule has 0 aliphatic carbocycles. The number of nitrogens with one attached hydrogen (secondary N) is 4. The Morgan fingerprint density at radius 3 is 2.58 bits per heavy atom. The number of benzene rings is 2. The number of nitrogens with zero attached hydrogens (tertiary/aromatic N) is 1. The number of amides is 2. The van der Waals surface area contributed by atoms with E-state index in [0.29, 0.717) is 20.1 Å². The largest absolute Gasteiger partial charge is 0.388 e. The average Bonchev–Trinajstić information content (AvgIpc) is 3.18. The molecule has 12 heteroatoms. The number of urea groups is 1. The van der Waals surface area contributed by atoms with Crippen molar-refractivity contribution in [2.75, 3.05) is 17.7 Å². The fourth-order valence-corrected chi connectivity index (χ4v) is 4.54. The minimum absolute atomic E-state index is 0.0480. The molecule has 4 N–H and O–H groups in total. The van der Waals surface area contributed by atoms with Gasteiger partial charge >= 0.3 is 11.7 Å². The van der Waals surface area contributed by atoms with Gasteiger partial charge in [-0.25, -0.2) is 18.5 Å². The predicted molar refractivity (Wildman–Crippen MR) is 130 cm³/mol. The molecule has 0 bridgehead atoms. The van der Waals surface area contributed by atoms with Crippen molar-refractivity contribution in [3.63, 3.8) is 0 Å². The molecule has 0 atom stereocenters. The van der Waals surface area contributed by atoms with Crippen molar-refractivity contribution in [3.8, 4) is 5.69 Å². The molecule has 0 saturated carbocycles. The summed E-state index contributed by atoms with van der Waals surface area (Å²) < 4.78 is 16.2. The molecule has 2 aromatic heterocycles. The second-order valence-corrected chi connectivity index (χ2v) is 9.09. The van der Waals surface area contributed by atoms with Gasteiger partial charge in [-0.3, -0.25) is 4.79 Å². The molecule has 0 unspecified atom stereocenters. The summed E-state index contributed by atoms with van der Waals surface area (Å²) in [5, 5.41) is 7.94. The molecular weight excluding hydrogens is 492 g/mol. The van der Waals surface area contributed by atoms with Crippen LogP contribution in [0.5, 0.6) is 0 Å². The van der Waals surface area contributed by atoms with E-state index in [1.807, 2.05) is 0 Å². The van der Waals surface area contributed by atoms with Gasteiger partial charge in [-0.2, -0.15) is 0 Å². The predicted octanol–water partition coefficient (Wildman–Crippen LogP) is 4.55. The van der Waals surface area contributed by atoms with Crippen LogP contribution in [0.3, 0.4) is 0 Å². The second-order valence-electron chi connectivity index (χ2n) is 6.88. The molecule has 0 aliphatic heterocycles. The lowest BCUT2D eigenvalue weighted by atomic mass is 10.2. The van der Waals surface area contributed by atoms with E-state index in [1.54, 1.807) is 31.3 Å². The highest BCUT2D eigenvalue weighted by atomic mass is 35.5. The van der Waals surface area contributed by atoms with Crippen LogP contribution in [-0.2, 0) is 6.54 Å². The van der Waals surface area contributed by atoms with Crippen LogP contribution < -0.4 is 27.2 Å². The summed E-state index contributed by atoms with van der Waals surface area (Å²) in [6, 6.07) is 9.88. The number of fused-ring (bicyclic) bond motifs is 1. The highest BCUT2D eigenvalue weighted by molar-refractivity contribution is 7.16. The third kappa shape index (κ3) is 4.72. The molecule has 2 heterocycles. The lowest BCUT2D eigenvalue weighted by molar-refractivity contribution is 0.252. The number of hydrogen-bond acceptors (Lipinski definition) is 5. The fraction of sp³-hybridized carbons (Fsp3) is 0.0952. The summed E-state index contributed by atoms with van der Waals surface area (Å²) in [6.07, 6.45) is 0. The van der Waals surface area contributed by atoms with Gasteiger partial charge in [-0.1, -0.05) is 23.2 Å². The smallest absolute Gasteiger partial charge is 0.333 e. The van der Waals surface area contributed by atoms with Crippen LogP contribution in [0.15, 0.2) is 52.1 Å². The Morgan fingerprint density at radius 2 is 1.91 bits per heavy atom. The minimum Gasteiger partial charge on any atom is -0.388 e. The quantitative estimate of drug-likeness (QED) is 0.317. The Kier molecular flexibility index (Phi) is 6.41. The van der Waals surface area contributed by atoms with Crippen molar-refractivity contribution < 1.29 is 9.18 Å². The van der Waals surface area contributed by atoms with Gasteiger partial charge in [0.2, 0.25) is 0 Å². The van der Waals surface area contributed by atoms with Gasteiger partial charge < -0.3 is 20.9 Å². The van der Waals surface area contributed by atoms with Crippen LogP contribution in [0.2, 0.25) is 9.36 Å². The van der Waals surface area contributed by atoms with Crippen LogP contribution in [-0.4, -0.2) is 22.6 Å². The third-order valence-corrected chi connectivity index (χ3v) is 6.26. The molecule has 0 saturated heterocycles. The monoisotopic (exact) mass is 507 g/mol. The third-order valence-electron chi connectivity index (χ3n) is 4.74. The molecule has 0 aliphatic rings. The number of thiophene rings is 1. The van der Waals surface area contributed by atoms with Crippen molar-refractivity contribution in [2.45, 2.75) is 6.54 Å². The molecule has 0 spiro atoms. The van der Waals surface area contributed by atoms with E-state index in [-0.39, 0.29) is 22.6 Å². The number of aromatic nitrogens is 2. The topological polar surface area (TPSA) is 108 Å². The highest BCUT2D eigenvalue weighted by Crippen LogP contribution is 2.27. The van der Waals surface area contributed by atoms with Crippen LogP contribution >= 0.6 is 34.5 Å². The summed E-state index contributed by atoms with van der Waals surface area (Å²) in [4.78, 5) is 41.1. The van der Waals surface area contributed by atoms with Gasteiger partial charge in [0.05, 0.1) is 26.8 Å². The number of carbonyl (C=O) groups is 1. The molecule has 2 amide bonds. The van der Waals surface area contributed by atoms with Gasteiger partial charge in [0.15, 0.2) is 5.82 Å². The van der Waals surface area contributed by atoms with E-state index >= 15 is 0 Å². The first-order valence-electron chi connectivity index (χ1n) is 9.52. The number of anilines is 2. The molecular formula is C21H16Cl2FN5O3S. The summed E-state index contributed by atoms with van der Waals surface area (Å²) in [6.45, 7) is 0.231. The number of hydrogen-bond donors (Lipinski definition) is 4. The Bertz CT molecular complexity index is 1470. The summed E-state index contributed by atoms with van der Waals surface area (Å²) in [7, 11) is 1.70. The van der Waals surface area contributed by atoms with E-state index in [4.69, 9.17) is 23.2 Å². The maximum absolute atomic E-state index is 15.0. The summed E-state index contributed by atoms with van der Waals surface area (Å²) in [5.74, 6) is -0.957. The maximum Gasteiger partial charge on any atom is 0.333 e. The van der Waals surface area contributed by atoms with E-state index in [1.165, 1.54) is 23.5 Å². The number of halogens is 3. The lowest BCUT2D eigenvalue weighted by Crippen LogP contribution is -2.34. The van der Waals surface area contributed by atoms with Gasteiger partial charge in [0.1, 0.15) is 5.69 Å². The van der Waals surface area contributed by atoms with Gasteiger partial charge in [0.25, 0.3) is 5.56 Å². The van der Waals surface area contributed by atoms with Crippen molar-refractivity contribution >= 4 is 62.8 Å². The zero-order valence-electron chi connectivity index (χ0n) is 17.0. The van der Waals surface area contributed by atoms with Gasteiger partial charge in [-0.05, 0) is 42.5 Å². The van der Waals surface area contributed by atoms with Gasteiger partial charge in [-0.15, -0.1) is 11.3 Å². The summed E-state index contributed by atoms with van der Waals surface area (Å²) >= 11 is 13.4. The molecule has 2 aromatic carbocycles. The Labute approximate surface area is 200 Å². The van der Waals surface area contributed by atoms with Crippen LogP contribution in [0.4, 0.5) is 20.6 Å². The van der Waals surface area contributed by atoms with Crippen LogP contribution in [0.25, 0.3) is 16.6 Å². The molecule has 33 heavy (non-hydrogen) atoms. The molecule has 0 fully saturated rings. The van der Waals surface area contributed by atoms with E-state index in [2.05, 4.69) is 20.9 Å². The SMILES string of the molecule is CNc1ccc2c(=O)n(-c3c(F)cc(NC(=O)NCc4ccc(Cl)s4)cc3Cl)c(=O)[nH]c2c1. The first-order valence-corrected chi connectivity index (χ1v) is 11.1. The molecule has 170 valence electrons. The standard InChI is InChI=1S/C21H16Cl2FN5O3S/c1-25-10-2-4-13-16(8-10)28-21(32)29(19(13)30)18-14(22)6-11(7-15(18)24)27-20(31)26-9-12-3-5-17(23)33-12/h2-8,25H,9H2,1H3,(H,28,32)(H2,26,27,31). The van der Waals surface area contributed by atoms with Crippen molar-refractivity contribution in [1.82, 2.24) is 14.9 Å². The number of rotatable bonds is 5. The number of aromatic amines is 1. The van der Waals surface area contributed by atoms with Crippen molar-refractivity contribution in [2.24, 2.45) is 0 Å². The molecule has 4 rings (SSSR count). The first kappa shape index (κ1) is 22.8. The minimum atomic E-state index is -0.957. The Balaban J connectivity index is 1.63. The van der Waals surface area contributed by atoms with Crippen LogP contribution in [0, 0.1) is 5.82 Å². The van der Waals surface area contributed by atoms with Crippen LogP contribution in [0.1, 0.15) is 4.88 Å². The van der Waals surface area contributed by atoms with E-state index in [0.717, 1.165) is 10.9 Å². The number of carbonyl (C=O) groups excluding carboxylic acids is 1. The number of H-pyrrole nitrogens is 1. The zero-order chi connectivity index (χ0) is 23.7. The first-order chi connectivity index (χ1) is 15.8. The highest BCUT2D eigenvalue weighted by Gasteiger charge is 2.18. The second kappa shape index (κ2) is 9.26. The fourth-order valence-electron chi connectivity index (χ4n) is 3.22. The van der Waals surface area contributed by atoms with E-state index < -0.39 is 28.8 Å². The van der Waals surface area contributed by atoms with Crippen molar-refractivity contribution in [1.29, 1.82) is 0 Å². The lowest BCUT2D eigenvalue weighted by Gasteiger charge is -2.13. The Morgan fingerprint density at radius 1 is 1.12 bits per heavy atom. The molecule has 4 aromatic rings. The Hall–Kier alpha value is -3.34. The normalized spacial score (nSPS) is 10.9. The average molecular weight is 508 g/mol. The van der Waals surface area contributed by atoms with E-state index in [9.17, 15) is 18.8 Å². The maximum atomic E-state index is 15.0. The van der Waals surface area contributed by atoms with Crippen molar-refractivity contribution in [3.05, 3.63) is 83.4 Å². The van der Waals surface area contributed by atoms with Gasteiger partial charge in [0, 0.05) is 23.3 Å². The molecule has 8 nitrogen and oxygen atoms in total. The zero-order valence-corrected chi connectivity index (χ0v) is 19.3. The molecule has 0 radical (unpaired) electrons. The summed E-state index contributed by atoms with van der Waals surface area (Å²) in [5.41, 5.74) is -0.963.